The number of nitrogens with one attached hydrogen (secondary N) is 1. The lowest BCUT2D eigenvalue weighted by Gasteiger charge is -2.16. The van der Waals surface area contributed by atoms with Crippen molar-refractivity contribution in [3.05, 3.63) is 70.6 Å². The van der Waals surface area contributed by atoms with Crippen LogP contribution in [0, 0.1) is 0 Å². The van der Waals surface area contributed by atoms with Crippen molar-refractivity contribution < 1.29 is 14.3 Å². The van der Waals surface area contributed by atoms with Crippen molar-refractivity contribution >= 4 is 51.9 Å². The van der Waals surface area contributed by atoms with Gasteiger partial charge in [0, 0.05) is 5.69 Å². The van der Waals surface area contributed by atoms with Crippen molar-refractivity contribution in [3.8, 4) is 0 Å². The maximum atomic E-state index is 12.6. The molecule has 1 amide bonds. The molecule has 0 atom stereocenters. The van der Waals surface area contributed by atoms with Crippen molar-refractivity contribution in [2.45, 2.75) is 0 Å². The van der Waals surface area contributed by atoms with Crippen LogP contribution in [0.3, 0.4) is 0 Å². The number of carbonyl (C=O) groups is 2. The highest BCUT2D eigenvalue weighted by molar-refractivity contribution is 8.26. The number of thiocarbonyl (C=S) groups is 1. The van der Waals surface area contributed by atoms with Gasteiger partial charge < -0.3 is 10.1 Å². The molecule has 0 aromatic heterocycles. The molecule has 0 saturated carbocycles. The summed E-state index contributed by atoms with van der Waals surface area (Å²) in [5, 5.41) is 3.14. The lowest BCUT2D eigenvalue weighted by molar-refractivity contribution is -0.121. The van der Waals surface area contributed by atoms with Gasteiger partial charge in [0.05, 0.1) is 24.2 Å². The Hall–Kier alpha value is -2.64. The number of hydrogen-bond donors (Lipinski definition) is 1. The molecule has 2 aromatic carbocycles. The van der Waals surface area contributed by atoms with Gasteiger partial charge in [-0.3, -0.25) is 9.69 Å². The highest BCUT2D eigenvalue weighted by atomic mass is 32.2. The number of carbonyl (C=O) groups excluding carboxylic acids is 2. The van der Waals surface area contributed by atoms with Gasteiger partial charge >= 0.3 is 5.97 Å². The van der Waals surface area contributed by atoms with E-state index in [9.17, 15) is 9.59 Å². The van der Waals surface area contributed by atoms with Crippen LogP contribution < -0.4 is 5.32 Å². The minimum atomic E-state index is -0.389. The topological polar surface area (TPSA) is 58.6 Å². The molecule has 132 valence electrons. The monoisotopic (exact) mass is 384 g/mol. The van der Waals surface area contributed by atoms with Gasteiger partial charge in [-0.05, 0) is 35.9 Å². The first-order valence-electron chi connectivity index (χ1n) is 7.81. The minimum absolute atomic E-state index is 0.123. The number of esters is 1. The molecule has 0 unspecified atom stereocenters. The van der Waals surface area contributed by atoms with Crippen molar-refractivity contribution in [1.29, 1.82) is 0 Å². The summed E-state index contributed by atoms with van der Waals surface area (Å²) in [4.78, 5) is 26.1. The molecule has 2 aromatic rings. The lowest BCUT2D eigenvalue weighted by atomic mass is 10.2. The molecule has 1 aliphatic heterocycles. The van der Waals surface area contributed by atoms with Gasteiger partial charge in [-0.25, -0.2) is 4.79 Å². The Morgan fingerprint density at radius 2 is 1.88 bits per heavy atom. The van der Waals surface area contributed by atoms with E-state index in [-0.39, 0.29) is 18.5 Å². The van der Waals surface area contributed by atoms with Crippen LogP contribution in [-0.4, -0.2) is 34.9 Å². The molecule has 1 heterocycles. The number of benzene rings is 2. The Morgan fingerprint density at radius 1 is 1.19 bits per heavy atom. The molecule has 3 rings (SSSR count). The fourth-order valence-electron chi connectivity index (χ4n) is 2.35. The third kappa shape index (κ3) is 4.12. The zero-order chi connectivity index (χ0) is 18.5. The largest absolute Gasteiger partial charge is 0.465 e. The number of thioether (sulfide) groups is 1. The quantitative estimate of drug-likeness (QED) is 0.481. The molecule has 0 spiro atoms. The molecule has 1 N–H and O–H groups in total. The van der Waals surface area contributed by atoms with Crippen molar-refractivity contribution in [2.24, 2.45) is 0 Å². The second kappa shape index (κ2) is 8.16. The molecule has 1 aliphatic rings. The average Bonchev–Trinajstić information content (AvgIpc) is 2.93. The SMILES string of the molecule is COC(=O)c1ccc(NCN2C(=O)C(=Cc3ccccc3)SC2=S)cc1. The van der Waals surface area contributed by atoms with Gasteiger partial charge in [0.1, 0.15) is 4.32 Å². The minimum Gasteiger partial charge on any atom is -0.465 e. The molecule has 0 aliphatic carbocycles. The second-order valence-corrected chi connectivity index (χ2v) is 7.10. The first-order valence-corrected chi connectivity index (χ1v) is 9.03. The summed E-state index contributed by atoms with van der Waals surface area (Å²) in [6.45, 7) is 0.258. The zero-order valence-corrected chi connectivity index (χ0v) is 15.6. The van der Waals surface area contributed by atoms with Crippen LogP contribution in [0.1, 0.15) is 15.9 Å². The Bertz CT molecular complexity index is 864. The summed E-state index contributed by atoms with van der Waals surface area (Å²) in [5.41, 5.74) is 2.20. The third-order valence-corrected chi connectivity index (χ3v) is 5.10. The van der Waals surface area contributed by atoms with Gasteiger partial charge in [0.15, 0.2) is 0 Å². The van der Waals surface area contributed by atoms with Crippen LogP contribution in [-0.2, 0) is 9.53 Å². The standard InChI is InChI=1S/C19H16N2O3S2/c1-24-18(23)14-7-9-15(10-8-14)20-12-21-17(22)16(26-19(21)25)11-13-5-3-2-4-6-13/h2-11,20H,12H2,1H3. The van der Waals surface area contributed by atoms with Gasteiger partial charge in [-0.2, -0.15) is 0 Å². The molecule has 1 fully saturated rings. The van der Waals surface area contributed by atoms with E-state index in [2.05, 4.69) is 10.1 Å². The Labute approximate surface area is 161 Å². The second-order valence-electron chi connectivity index (χ2n) is 5.42. The number of methoxy groups -OCH3 is 1. The molecule has 1 saturated heterocycles. The van der Waals surface area contributed by atoms with Crippen LogP contribution in [0.2, 0.25) is 0 Å². The van der Waals surface area contributed by atoms with E-state index in [1.165, 1.54) is 23.8 Å². The van der Waals surface area contributed by atoms with E-state index >= 15 is 0 Å². The average molecular weight is 384 g/mol. The normalized spacial score (nSPS) is 15.4. The number of anilines is 1. The van der Waals surface area contributed by atoms with Gasteiger partial charge in [0.25, 0.3) is 5.91 Å². The molecule has 0 radical (unpaired) electrons. The lowest BCUT2D eigenvalue weighted by Crippen LogP contribution is -2.33. The Morgan fingerprint density at radius 3 is 2.54 bits per heavy atom. The molecule has 7 heteroatoms. The molecular weight excluding hydrogens is 368 g/mol. The van der Waals surface area contributed by atoms with Crippen LogP contribution in [0.25, 0.3) is 6.08 Å². The fraction of sp³-hybridized carbons (Fsp3) is 0.105. The molecule has 0 bridgehead atoms. The van der Waals surface area contributed by atoms with Crippen LogP contribution >= 0.6 is 24.0 Å². The number of nitrogens with zero attached hydrogens (tertiary/aromatic N) is 1. The van der Waals surface area contributed by atoms with Crippen molar-refractivity contribution in [3.63, 3.8) is 0 Å². The Balaban J connectivity index is 1.65. The number of rotatable bonds is 5. The highest BCUT2D eigenvalue weighted by Crippen LogP contribution is 2.32. The van der Waals surface area contributed by atoms with Crippen LogP contribution in [0.4, 0.5) is 5.69 Å². The van der Waals surface area contributed by atoms with E-state index in [0.717, 1.165) is 11.3 Å². The highest BCUT2D eigenvalue weighted by Gasteiger charge is 2.31. The van der Waals surface area contributed by atoms with Crippen LogP contribution in [0.15, 0.2) is 59.5 Å². The van der Waals surface area contributed by atoms with E-state index < -0.39 is 0 Å². The van der Waals surface area contributed by atoms with Crippen LogP contribution in [0.5, 0.6) is 0 Å². The molecule has 5 nitrogen and oxygen atoms in total. The van der Waals surface area contributed by atoms with E-state index in [4.69, 9.17) is 12.2 Å². The number of hydrogen-bond acceptors (Lipinski definition) is 6. The van der Waals surface area contributed by atoms with Gasteiger partial charge in [-0.15, -0.1) is 0 Å². The van der Waals surface area contributed by atoms with Gasteiger partial charge in [-0.1, -0.05) is 54.3 Å². The summed E-state index contributed by atoms with van der Waals surface area (Å²) in [6.07, 6.45) is 1.84. The zero-order valence-electron chi connectivity index (χ0n) is 14.0. The smallest absolute Gasteiger partial charge is 0.337 e. The first-order chi connectivity index (χ1) is 12.6. The summed E-state index contributed by atoms with van der Waals surface area (Å²) >= 11 is 6.61. The third-order valence-electron chi connectivity index (χ3n) is 3.72. The predicted molar refractivity (Wildman–Crippen MR) is 108 cm³/mol. The molecular formula is C19H16N2O3S2. The summed E-state index contributed by atoms with van der Waals surface area (Å²) in [6, 6.07) is 16.5. The Kier molecular flexibility index (Phi) is 5.70. The van der Waals surface area contributed by atoms with E-state index in [0.29, 0.717) is 14.8 Å². The number of ether oxygens (including phenoxy) is 1. The van der Waals surface area contributed by atoms with E-state index in [1.807, 2.05) is 36.4 Å². The van der Waals surface area contributed by atoms with Crippen molar-refractivity contribution in [1.82, 2.24) is 4.90 Å². The maximum absolute atomic E-state index is 12.6. The fourth-order valence-corrected chi connectivity index (χ4v) is 3.60. The number of amides is 1. The van der Waals surface area contributed by atoms with Gasteiger partial charge in [0.2, 0.25) is 0 Å². The summed E-state index contributed by atoms with van der Waals surface area (Å²) < 4.78 is 5.18. The van der Waals surface area contributed by atoms with E-state index in [1.54, 1.807) is 24.3 Å². The first kappa shape index (κ1) is 18.2. The predicted octanol–water partition coefficient (Wildman–Crippen LogP) is 3.74. The van der Waals surface area contributed by atoms with Crippen molar-refractivity contribution in [2.75, 3.05) is 19.1 Å². The summed E-state index contributed by atoms with van der Waals surface area (Å²) in [7, 11) is 1.34. The molecule has 26 heavy (non-hydrogen) atoms. The summed E-state index contributed by atoms with van der Waals surface area (Å²) in [5.74, 6) is -0.512. The maximum Gasteiger partial charge on any atom is 0.337 e.